The molecule has 0 aliphatic carbocycles. The lowest BCUT2D eigenvalue weighted by atomic mass is 9.95. The normalized spacial score (nSPS) is 26.2. The topological polar surface area (TPSA) is 49.5 Å². The number of rotatable bonds is 6. The first-order valence-electron chi connectivity index (χ1n) is 6.59. The van der Waals surface area contributed by atoms with Crippen LogP contribution in [0.1, 0.15) is 40.0 Å². The number of likely N-dealkylation sites (tertiary alicyclic amines) is 1. The van der Waals surface area contributed by atoms with Crippen LogP contribution in [0.25, 0.3) is 0 Å². The lowest BCUT2D eigenvalue weighted by Gasteiger charge is -2.23. The Hall–Kier alpha value is -0.120. The Balaban J connectivity index is 2.16. The second-order valence-electron chi connectivity index (χ2n) is 5.90. The summed E-state index contributed by atoms with van der Waals surface area (Å²) in [5, 5.41) is 9.79. The van der Waals surface area contributed by atoms with Gasteiger partial charge in [-0.3, -0.25) is 0 Å². The Morgan fingerprint density at radius 1 is 1.50 bits per heavy atom. The Kier molecular flexibility index (Phi) is 5.22. The van der Waals surface area contributed by atoms with Gasteiger partial charge in [0.25, 0.3) is 0 Å². The van der Waals surface area contributed by atoms with Crippen molar-refractivity contribution in [2.75, 3.05) is 26.2 Å². The zero-order valence-corrected chi connectivity index (χ0v) is 11.1. The van der Waals surface area contributed by atoms with Crippen LogP contribution in [0.4, 0.5) is 0 Å². The molecule has 3 heteroatoms. The van der Waals surface area contributed by atoms with Crippen LogP contribution in [-0.2, 0) is 0 Å². The molecule has 0 aromatic carbocycles. The third-order valence-corrected chi connectivity index (χ3v) is 3.88. The van der Waals surface area contributed by atoms with Gasteiger partial charge in [-0.25, -0.2) is 0 Å². The maximum absolute atomic E-state index is 9.79. The largest absolute Gasteiger partial charge is 0.389 e. The van der Waals surface area contributed by atoms with Crippen LogP contribution in [0.3, 0.4) is 0 Å². The van der Waals surface area contributed by atoms with Gasteiger partial charge in [-0.2, -0.15) is 0 Å². The fourth-order valence-corrected chi connectivity index (χ4v) is 2.40. The van der Waals surface area contributed by atoms with Crippen molar-refractivity contribution in [2.24, 2.45) is 17.6 Å². The van der Waals surface area contributed by atoms with Crippen molar-refractivity contribution in [1.29, 1.82) is 0 Å². The molecule has 0 amide bonds. The van der Waals surface area contributed by atoms with Crippen LogP contribution in [0, 0.1) is 11.8 Å². The van der Waals surface area contributed by atoms with Crippen LogP contribution in [0.15, 0.2) is 0 Å². The minimum atomic E-state index is -0.669. The molecule has 96 valence electrons. The summed E-state index contributed by atoms with van der Waals surface area (Å²) in [5.41, 5.74) is 4.83. The summed E-state index contributed by atoms with van der Waals surface area (Å²) in [6.45, 7) is 10.4. The van der Waals surface area contributed by atoms with E-state index in [0.29, 0.717) is 6.54 Å². The van der Waals surface area contributed by atoms with Crippen molar-refractivity contribution in [3.63, 3.8) is 0 Å². The third-order valence-electron chi connectivity index (χ3n) is 3.88. The number of hydrogen-bond acceptors (Lipinski definition) is 3. The molecule has 0 radical (unpaired) electrons. The number of nitrogens with zero attached hydrogens (tertiary/aromatic N) is 1. The third kappa shape index (κ3) is 4.40. The van der Waals surface area contributed by atoms with E-state index in [-0.39, 0.29) is 0 Å². The first kappa shape index (κ1) is 13.9. The number of aliphatic hydroxyl groups is 1. The van der Waals surface area contributed by atoms with Gasteiger partial charge in [0.15, 0.2) is 0 Å². The minimum absolute atomic E-state index is 0.363. The lowest BCUT2D eigenvalue weighted by Crippen LogP contribution is -2.35. The van der Waals surface area contributed by atoms with Crippen LogP contribution in [-0.4, -0.2) is 41.8 Å². The second kappa shape index (κ2) is 5.99. The molecule has 1 rings (SSSR count). The van der Waals surface area contributed by atoms with Gasteiger partial charge in [-0.05, 0) is 51.1 Å². The van der Waals surface area contributed by atoms with Gasteiger partial charge in [0, 0.05) is 13.1 Å². The first-order valence-corrected chi connectivity index (χ1v) is 6.59. The highest BCUT2D eigenvalue weighted by molar-refractivity contribution is 4.79. The summed E-state index contributed by atoms with van der Waals surface area (Å²) in [6, 6.07) is 0. The van der Waals surface area contributed by atoms with Crippen LogP contribution in [0.2, 0.25) is 0 Å². The van der Waals surface area contributed by atoms with Crippen molar-refractivity contribution in [3.8, 4) is 0 Å². The highest BCUT2D eigenvalue weighted by Crippen LogP contribution is 2.24. The molecule has 0 saturated carbocycles. The molecule has 0 aromatic heterocycles. The molecule has 0 bridgehead atoms. The molecule has 1 aliphatic rings. The maximum Gasteiger partial charge on any atom is 0.0741 e. The molecule has 1 saturated heterocycles. The van der Waals surface area contributed by atoms with Crippen molar-refractivity contribution >= 4 is 0 Å². The van der Waals surface area contributed by atoms with Gasteiger partial charge in [-0.15, -0.1) is 0 Å². The zero-order chi connectivity index (χ0) is 12.2. The van der Waals surface area contributed by atoms with Gasteiger partial charge in [0.1, 0.15) is 0 Å². The van der Waals surface area contributed by atoms with E-state index in [2.05, 4.69) is 18.7 Å². The summed E-state index contributed by atoms with van der Waals surface area (Å²) in [7, 11) is 0. The predicted octanol–water partition coefficient (Wildman–Crippen LogP) is 1.45. The van der Waals surface area contributed by atoms with E-state index in [1.54, 1.807) is 0 Å². The van der Waals surface area contributed by atoms with Gasteiger partial charge >= 0.3 is 0 Å². The average Bonchev–Trinajstić information content (AvgIpc) is 2.66. The smallest absolute Gasteiger partial charge is 0.0741 e. The highest BCUT2D eigenvalue weighted by Gasteiger charge is 2.25. The predicted molar refractivity (Wildman–Crippen MR) is 68.3 cm³/mol. The van der Waals surface area contributed by atoms with E-state index in [4.69, 9.17) is 5.73 Å². The molecule has 3 N–H and O–H groups in total. The molecule has 1 fully saturated rings. The van der Waals surface area contributed by atoms with Crippen LogP contribution >= 0.6 is 0 Å². The molecule has 0 aromatic rings. The van der Waals surface area contributed by atoms with E-state index >= 15 is 0 Å². The SMILES string of the molecule is CC(C)C1CCN(CCCC(C)(O)CN)C1. The molecule has 16 heavy (non-hydrogen) atoms. The van der Waals surface area contributed by atoms with E-state index in [9.17, 15) is 5.11 Å². The Labute approximate surface area is 100 Å². The molecule has 1 heterocycles. The Morgan fingerprint density at radius 3 is 2.69 bits per heavy atom. The molecule has 1 aliphatic heterocycles. The standard InChI is InChI=1S/C13H28N2O/c1-11(2)12-5-8-15(9-12)7-4-6-13(3,16)10-14/h11-12,16H,4-10,14H2,1-3H3. The number of nitrogens with two attached hydrogens (primary N) is 1. The monoisotopic (exact) mass is 228 g/mol. The number of hydrogen-bond donors (Lipinski definition) is 2. The van der Waals surface area contributed by atoms with Gasteiger partial charge in [-0.1, -0.05) is 13.8 Å². The second-order valence-corrected chi connectivity index (χ2v) is 5.90. The Bertz CT molecular complexity index is 204. The average molecular weight is 228 g/mol. The minimum Gasteiger partial charge on any atom is -0.389 e. The summed E-state index contributed by atoms with van der Waals surface area (Å²) in [4.78, 5) is 2.53. The van der Waals surface area contributed by atoms with Gasteiger partial charge in [0.2, 0.25) is 0 Å². The molecule has 2 unspecified atom stereocenters. The van der Waals surface area contributed by atoms with E-state index in [1.165, 1.54) is 19.5 Å². The summed E-state index contributed by atoms with van der Waals surface area (Å²) < 4.78 is 0. The molecule has 0 spiro atoms. The zero-order valence-electron chi connectivity index (χ0n) is 11.1. The van der Waals surface area contributed by atoms with E-state index in [0.717, 1.165) is 31.2 Å². The molecule has 2 atom stereocenters. The Morgan fingerprint density at radius 2 is 2.19 bits per heavy atom. The van der Waals surface area contributed by atoms with Gasteiger partial charge < -0.3 is 15.7 Å². The highest BCUT2D eigenvalue weighted by atomic mass is 16.3. The molecular formula is C13H28N2O. The van der Waals surface area contributed by atoms with Crippen molar-refractivity contribution in [2.45, 2.75) is 45.6 Å². The van der Waals surface area contributed by atoms with Crippen LogP contribution < -0.4 is 5.73 Å². The molecular weight excluding hydrogens is 200 g/mol. The van der Waals surface area contributed by atoms with Crippen molar-refractivity contribution in [1.82, 2.24) is 4.90 Å². The first-order chi connectivity index (χ1) is 7.44. The van der Waals surface area contributed by atoms with Crippen molar-refractivity contribution < 1.29 is 5.11 Å². The van der Waals surface area contributed by atoms with Crippen molar-refractivity contribution in [3.05, 3.63) is 0 Å². The molecule has 3 nitrogen and oxygen atoms in total. The van der Waals surface area contributed by atoms with E-state index < -0.39 is 5.60 Å². The summed E-state index contributed by atoms with van der Waals surface area (Å²) in [5.74, 6) is 1.67. The maximum atomic E-state index is 9.79. The van der Waals surface area contributed by atoms with Gasteiger partial charge in [0.05, 0.1) is 5.60 Å². The quantitative estimate of drug-likeness (QED) is 0.723. The summed E-state index contributed by atoms with van der Waals surface area (Å²) in [6.07, 6.45) is 3.20. The van der Waals surface area contributed by atoms with E-state index in [1.807, 2.05) is 6.92 Å². The fourth-order valence-electron chi connectivity index (χ4n) is 2.40. The van der Waals surface area contributed by atoms with Crippen LogP contribution in [0.5, 0.6) is 0 Å². The summed E-state index contributed by atoms with van der Waals surface area (Å²) >= 11 is 0. The lowest BCUT2D eigenvalue weighted by molar-refractivity contribution is 0.0550. The fraction of sp³-hybridized carbons (Fsp3) is 1.00.